The second-order valence-corrected chi connectivity index (χ2v) is 20.9. The van der Waals surface area contributed by atoms with Crippen LogP contribution in [0.25, 0.3) is 0 Å². The van der Waals surface area contributed by atoms with E-state index < -0.39 is 59.8 Å². The van der Waals surface area contributed by atoms with Crippen LogP contribution >= 0.6 is 0 Å². The van der Waals surface area contributed by atoms with Gasteiger partial charge in [0.1, 0.15) is 30.5 Å². The Morgan fingerprint density at radius 3 is 1.38 bits per heavy atom. The first-order valence-electron chi connectivity index (χ1n) is 29.2. The molecular formula is C60H106O12S. The van der Waals surface area contributed by atoms with Crippen molar-refractivity contribution in [3.05, 3.63) is 72.9 Å². The first-order valence-corrected chi connectivity index (χ1v) is 30.6. The Balaban J connectivity index is 2.32. The van der Waals surface area contributed by atoms with E-state index in [1.807, 2.05) is 0 Å². The molecule has 6 atom stereocenters. The highest BCUT2D eigenvalue weighted by Gasteiger charge is 2.48. The standard InChI is InChI=1S/C60H106O12S/c1-3-5-7-9-11-13-15-17-19-21-23-25-27-29-31-33-35-37-39-41-43-45-47-49-56(62)70-54(53-69-60-58(64)59(72-73(65,66)67)57(63)55(51-61)71-60)52-68-50-48-46-44-42-40-38-36-34-32-30-28-26-24-22-20-18-16-14-12-10-8-6-4-2/h5,7,11,13,17,19,23,25,29,31,35,37,54-55,57-61,63-64H,3-4,6,8-10,12,14-16,18,20-22,24,26-28,30,32-34,36,38-53H2,1-2H3,(H,65,66,67)/b7-5-,13-11-,19-17-,25-23-,31-29-,37-35-. The van der Waals surface area contributed by atoms with E-state index in [1.165, 1.54) is 128 Å². The number of hydrogen-bond acceptors (Lipinski definition) is 11. The zero-order chi connectivity index (χ0) is 53.1. The minimum Gasteiger partial charge on any atom is -0.457 e. The third-order valence-corrected chi connectivity index (χ3v) is 13.6. The minimum absolute atomic E-state index is 0.0246. The molecule has 12 nitrogen and oxygen atoms in total. The molecule has 424 valence electrons. The number of ether oxygens (including phenoxy) is 4. The van der Waals surface area contributed by atoms with Gasteiger partial charge in [-0.25, -0.2) is 4.18 Å². The van der Waals surface area contributed by atoms with Gasteiger partial charge in [-0.15, -0.1) is 0 Å². The highest BCUT2D eigenvalue weighted by atomic mass is 32.3. The van der Waals surface area contributed by atoms with Gasteiger partial charge in [0, 0.05) is 13.0 Å². The number of rotatable bonds is 51. The fraction of sp³-hybridized carbons (Fsp3) is 0.783. The molecule has 0 aromatic rings. The van der Waals surface area contributed by atoms with Crippen LogP contribution in [0.4, 0.5) is 0 Å². The zero-order valence-electron chi connectivity index (χ0n) is 45.9. The Morgan fingerprint density at radius 2 is 0.945 bits per heavy atom. The van der Waals surface area contributed by atoms with Crippen LogP contribution in [-0.2, 0) is 38.3 Å². The van der Waals surface area contributed by atoms with Crippen molar-refractivity contribution in [2.45, 2.75) is 275 Å². The van der Waals surface area contributed by atoms with Crippen molar-refractivity contribution in [1.29, 1.82) is 0 Å². The lowest BCUT2D eigenvalue weighted by Gasteiger charge is -2.41. The zero-order valence-corrected chi connectivity index (χ0v) is 46.7. The van der Waals surface area contributed by atoms with Gasteiger partial charge in [-0.1, -0.05) is 241 Å². The van der Waals surface area contributed by atoms with Crippen molar-refractivity contribution in [2.75, 3.05) is 26.4 Å². The normalized spacial score (nSPS) is 19.3. The molecule has 4 N–H and O–H groups in total. The number of unbranched alkanes of at least 4 members (excludes halogenated alkanes) is 26. The van der Waals surface area contributed by atoms with E-state index in [4.69, 9.17) is 18.9 Å². The summed E-state index contributed by atoms with van der Waals surface area (Å²) >= 11 is 0. The Bertz CT molecular complexity index is 1540. The Morgan fingerprint density at radius 1 is 0.534 bits per heavy atom. The lowest BCUT2D eigenvalue weighted by molar-refractivity contribution is -0.301. The maximum absolute atomic E-state index is 13.0. The van der Waals surface area contributed by atoms with Gasteiger partial charge in [0.25, 0.3) is 0 Å². The number of hydrogen-bond donors (Lipinski definition) is 4. The molecule has 1 aliphatic heterocycles. The highest BCUT2D eigenvalue weighted by molar-refractivity contribution is 7.80. The monoisotopic (exact) mass is 1050 g/mol. The molecule has 0 aliphatic carbocycles. The molecule has 1 fully saturated rings. The summed E-state index contributed by atoms with van der Waals surface area (Å²) in [6, 6.07) is 0. The predicted octanol–water partition coefficient (Wildman–Crippen LogP) is 14.6. The molecule has 13 heteroatoms. The lowest BCUT2D eigenvalue weighted by Crippen LogP contribution is -2.60. The molecule has 0 spiro atoms. The average molecular weight is 1050 g/mol. The quantitative estimate of drug-likeness (QED) is 0.0196. The van der Waals surface area contributed by atoms with E-state index >= 15 is 0 Å². The molecule has 73 heavy (non-hydrogen) atoms. The van der Waals surface area contributed by atoms with Gasteiger partial charge >= 0.3 is 16.4 Å². The third kappa shape index (κ3) is 43.4. The maximum atomic E-state index is 13.0. The van der Waals surface area contributed by atoms with Crippen LogP contribution in [0.5, 0.6) is 0 Å². The number of carbonyl (C=O) groups is 1. The Hall–Kier alpha value is -2.46. The van der Waals surface area contributed by atoms with E-state index in [1.54, 1.807) is 0 Å². The molecule has 0 aromatic carbocycles. The van der Waals surface area contributed by atoms with Crippen molar-refractivity contribution in [3.8, 4) is 0 Å². The van der Waals surface area contributed by atoms with E-state index in [0.29, 0.717) is 13.0 Å². The molecule has 6 unspecified atom stereocenters. The first-order chi connectivity index (χ1) is 35.6. The minimum atomic E-state index is -5.07. The van der Waals surface area contributed by atoms with Crippen LogP contribution in [-0.4, -0.2) is 97.5 Å². The molecule has 1 rings (SSSR count). The number of aliphatic hydroxyl groups is 3. The summed E-state index contributed by atoms with van der Waals surface area (Å²) in [7, 11) is -5.07. The summed E-state index contributed by atoms with van der Waals surface area (Å²) in [6.07, 6.45) is 58.0. The smallest absolute Gasteiger partial charge is 0.397 e. The van der Waals surface area contributed by atoms with Gasteiger partial charge in [0.05, 0.1) is 19.8 Å². The second kappa shape index (κ2) is 50.4. The molecule has 1 aliphatic rings. The molecule has 0 radical (unpaired) electrons. The molecule has 0 saturated carbocycles. The molecule has 0 bridgehead atoms. The fourth-order valence-corrected chi connectivity index (χ4v) is 9.25. The number of aliphatic hydroxyl groups excluding tert-OH is 3. The molecular weight excluding hydrogens is 945 g/mol. The number of carbonyl (C=O) groups excluding carboxylic acids is 1. The van der Waals surface area contributed by atoms with Crippen LogP contribution in [0.15, 0.2) is 72.9 Å². The number of esters is 1. The second-order valence-electron chi connectivity index (χ2n) is 19.9. The van der Waals surface area contributed by atoms with Crippen LogP contribution < -0.4 is 0 Å². The van der Waals surface area contributed by atoms with Crippen molar-refractivity contribution >= 4 is 16.4 Å². The summed E-state index contributed by atoms with van der Waals surface area (Å²) in [6.45, 7) is 3.88. The highest BCUT2D eigenvalue weighted by Crippen LogP contribution is 2.26. The molecule has 1 heterocycles. The fourth-order valence-electron chi connectivity index (χ4n) is 8.74. The van der Waals surface area contributed by atoms with E-state index in [-0.39, 0.29) is 19.6 Å². The average Bonchev–Trinajstić information content (AvgIpc) is 3.37. The van der Waals surface area contributed by atoms with Crippen molar-refractivity contribution < 1.29 is 56.2 Å². The van der Waals surface area contributed by atoms with Crippen LogP contribution in [0.2, 0.25) is 0 Å². The van der Waals surface area contributed by atoms with E-state index in [0.717, 1.165) is 83.5 Å². The van der Waals surface area contributed by atoms with Crippen molar-refractivity contribution in [2.24, 2.45) is 0 Å². The molecule has 0 amide bonds. The first kappa shape index (κ1) is 68.6. The Kier molecular flexibility index (Phi) is 47.3. The molecule has 0 aromatic heterocycles. The maximum Gasteiger partial charge on any atom is 0.397 e. The predicted molar refractivity (Wildman–Crippen MR) is 299 cm³/mol. The molecule has 1 saturated heterocycles. The van der Waals surface area contributed by atoms with E-state index in [9.17, 15) is 33.1 Å². The summed E-state index contributed by atoms with van der Waals surface area (Å²) in [4.78, 5) is 13.0. The SMILES string of the molecule is CC/C=C\C/C=C\C/C=C\C/C=C\C/C=C\C/C=C\CCCCCCC(=O)OC(COCCCCCCCCCCCCCCCCCCCCCCCCC)COC1OC(CO)C(O)C(OS(=O)(=O)O)C1O. The van der Waals surface area contributed by atoms with Gasteiger partial charge in [-0.3, -0.25) is 9.35 Å². The summed E-state index contributed by atoms with van der Waals surface area (Å²) in [5.74, 6) is -0.421. The van der Waals surface area contributed by atoms with Gasteiger partial charge in [-0.2, -0.15) is 8.42 Å². The van der Waals surface area contributed by atoms with Gasteiger partial charge in [-0.05, 0) is 64.2 Å². The summed E-state index contributed by atoms with van der Waals surface area (Å²) in [5.41, 5.74) is 0. The van der Waals surface area contributed by atoms with Gasteiger partial charge in [0.2, 0.25) is 0 Å². The van der Waals surface area contributed by atoms with Gasteiger partial charge in [0.15, 0.2) is 6.29 Å². The van der Waals surface area contributed by atoms with Crippen molar-refractivity contribution in [1.82, 2.24) is 0 Å². The lowest BCUT2D eigenvalue weighted by atomic mass is 9.99. The summed E-state index contributed by atoms with van der Waals surface area (Å²) in [5, 5.41) is 30.8. The van der Waals surface area contributed by atoms with Crippen molar-refractivity contribution in [3.63, 3.8) is 0 Å². The van der Waals surface area contributed by atoms with Crippen LogP contribution in [0, 0.1) is 0 Å². The van der Waals surface area contributed by atoms with E-state index in [2.05, 4.69) is 90.9 Å². The largest absolute Gasteiger partial charge is 0.457 e. The third-order valence-electron chi connectivity index (χ3n) is 13.1. The summed E-state index contributed by atoms with van der Waals surface area (Å²) < 4.78 is 59.4. The van der Waals surface area contributed by atoms with Crippen LogP contribution in [0.1, 0.15) is 239 Å². The Labute approximate surface area is 445 Å². The van der Waals surface area contributed by atoms with Gasteiger partial charge < -0.3 is 34.3 Å². The number of allylic oxidation sites excluding steroid dienone is 12. The topological polar surface area (TPSA) is 178 Å². The van der Waals surface area contributed by atoms with Crippen LogP contribution in [0.3, 0.4) is 0 Å².